The summed E-state index contributed by atoms with van der Waals surface area (Å²) in [6, 6.07) is 4.36. The number of carbonyl (C=O) groups excluding carboxylic acids is 1. The number of benzene rings is 1. The van der Waals surface area contributed by atoms with E-state index in [2.05, 4.69) is 17.5 Å². The Labute approximate surface area is 98.8 Å². The van der Waals surface area contributed by atoms with Gasteiger partial charge in [0.05, 0.1) is 4.99 Å². The van der Waals surface area contributed by atoms with Crippen molar-refractivity contribution in [3.8, 4) is 0 Å². The Hall–Kier alpha value is -1.49. The molecule has 0 saturated heterocycles. The van der Waals surface area contributed by atoms with Crippen LogP contribution in [0.1, 0.15) is 22.3 Å². The zero-order valence-corrected chi connectivity index (χ0v) is 9.73. The normalized spacial score (nSPS) is 9.88. The lowest BCUT2D eigenvalue weighted by Crippen LogP contribution is -2.27. The van der Waals surface area contributed by atoms with E-state index >= 15 is 0 Å². The molecule has 0 atom stereocenters. The van der Waals surface area contributed by atoms with Gasteiger partial charge in [-0.3, -0.25) is 4.79 Å². The van der Waals surface area contributed by atoms with E-state index in [4.69, 9.17) is 5.73 Å². The highest BCUT2D eigenvalue weighted by molar-refractivity contribution is 7.80. The topological polar surface area (TPSA) is 55.1 Å². The Kier molecular flexibility index (Phi) is 4.37. The van der Waals surface area contributed by atoms with Gasteiger partial charge in [0.25, 0.3) is 5.91 Å². The van der Waals surface area contributed by atoms with Gasteiger partial charge >= 0.3 is 0 Å². The van der Waals surface area contributed by atoms with Crippen LogP contribution in [0.25, 0.3) is 0 Å². The molecule has 0 heterocycles. The van der Waals surface area contributed by atoms with E-state index < -0.39 is 0 Å². The second kappa shape index (κ2) is 5.55. The summed E-state index contributed by atoms with van der Waals surface area (Å²) < 4.78 is 13.2. The zero-order chi connectivity index (χ0) is 12.1. The highest BCUT2D eigenvalue weighted by Crippen LogP contribution is 2.08. The first-order chi connectivity index (χ1) is 7.50. The highest BCUT2D eigenvalue weighted by atomic mass is 32.1. The number of carbonyl (C=O) groups is 1. The molecule has 16 heavy (non-hydrogen) atoms. The van der Waals surface area contributed by atoms with E-state index in [1.54, 1.807) is 19.1 Å². The minimum absolute atomic E-state index is 0.297. The molecule has 0 aliphatic heterocycles. The minimum Gasteiger partial charge on any atom is -0.393 e. The monoisotopic (exact) mass is 240 g/mol. The minimum atomic E-state index is -0.387. The molecule has 0 aromatic heterocycles. The van der Waals surface area contributed by atoms with Gasteiger partial charge in [0.15, 0.2) is 0 Å². The second-order valence-corrected chi connectivity index (χ2v) is 3.96. The Morgan fingerprint density at radius 1 is 1.56 bits per heavy atom. The maximum absolute atomic E-state index is 13.2. The fourth-order valence-corrected chi connectivity index (χ4v) is 1.24. The van der Waals surface area contributed by atoms with Gasteiger partial charge in [-0.15, -0.1) is 0 Å². The third kappa shape index (κ3) is 3.58. The number of rotatable bonds is 4. The van der Waals surface area contributed by atoms with Crippen molar-refractivity contribution in [1.29, 1.82) is 0 Å². The molecule has 3 nitrogen and oxygen atoms in total. The molecule has 0 saturated carbocycles. The van der Waals surface area contributed by atoms with Crippen molar-refractivity contribution in [2.24, 2.45) is 5.73 Å². The predicted molar refractivity (Wildman–Crippen MR) is 64.9 cm³/mol. The van der Waals surface area contributed by atoms with Gasteiger partial charge in [-0.25, -0.2) is 4.39 Å². The Balaban J connectivity index is 2.59. The molecule has 86 valence electrons. The zero-order valence-electron chi connectivity index (χ0n) is 8.92. The molecule has 0 unspecified atom stereocenters. The average Bonchev–Trinajstić information content (AvgIpc) is 2.21. The van der Waals surface area contributed by atoms with E-state index in [1.165, 1.54) is 6.07 Å². The molecule has 0 aliphatic carbocycles. The first-order valence-electron chi connectivity index (χ1n) is 4.83. The third-order valence-corrected chi connectivity index (χ3v) is 2.30. The van der Waals surface area contributed by atoms with Crippen LogP contribution in [0.2, 0.25) is 0 Å². The lowest BCUT2D eigenvalue weighted by Gasteiger charge is -2.05. The molecular weight excluding hydrogens is 227 g/mol. The summed E-state index contributed by atoms with van der Waals surface area (Å²) in [4.78, 5) is 11.9. The lowest BCUT2D eigenvalue weighted by atomic mass is 10.1. The molecule has 3 N–H and O–H groups in total. The summed E-state index contributed by atoms with van der Waals surface area (Å²) in [6.07, 6.45) is 0.440. The van der Waals surface area contributed by atoms with Crippen molar-refractivity contribution >= 4 is 23.1 Å². The largest absolute Gasteiger partial charge is 0.393 e. The van der Waals surface area contributed by atoms with Crippen LogP contribution >= 0.6 is 12.2 Å². The second-order valence-electron chi connectivity index (χ2n) is 3.44. The summed E-state index contributed by atoms with van der Waals surface area (Å²) in [5.41, 5.74) is 6.09. The number of amides is 1. The molecule has 1 amide bonds. The number of hydrogen-bond acceptors (Lipinski definition) is 2. The van der Waals surface area contributed by atoms with Crippen LogP contribution in [0.4, 0.5) is 4.39 Å². The van der Waals surface area contributed by atoms with Gasteiger partial charge < -0.3 is 11.1 Å². The summed E-state index contributed by atoms with van der Waals surface area (Å²) in [5, 5.41) is 2.60. The smallest absolute Gasteiger partial charge is 0.251 e. The summed E-state index contributed by atoms with van der Waals surface area (Å²) in [7, 11) is 0. The molecule has 1 rings (SSSR count). The number of thiocarbonyl (C=S) groups is 1. The summed E-state index contributed by atoms with van der Waals surface area (Å²) in [6.45, 7) is 2.01. The van der Waals surface area contributed by atoms with Crippen LogP contribution in [-0.2, 0) is 0 Å². The van der Waals surface area contributed by atoms with Gasteiger partial charge in [-0.1, -0.05) is 18.3 Å². The van der Waals surface area contributed by atoms with Crippen LogP contribution in [0.5, 0.6) is 0 Å². The van der Waals surface area contributed by atoms with Crippen molar-refractivity contribution in [2.45, 2.75) is 13.3 Å². The van der Waals surface area contributed by atoms with Gasteiger partial charge in [0, 0.05) is 18.5 Å². The fraction of sp³-hybridized carbons (Fsp3) is 0.273. The quantitative estimate of drug-likeness (QED) is 0.785. The van der Waals surface area contributed by atoms with Crippen molar-refractivity contribution in [2.75, 3.05) is 6.54 Å². The first-order valence-corrected chi connectivity index (χ1v) is 5.24. The van der Waals surface area contributed by atoms with Crippen LogP contribution in [0, 0.1) is 12.7 Å². The maximum atomic E-state index is 13.2. The molecule has 0 bridgehead atoms. The molecule has 0 aliphatic rings. The van der Waals surface area contributed by atoms with E-state index in [1.807, 2.05) is 0 Å². The number of nitrogens with one attached hydrogen (secondary N) is 1. The van der Waals surface area contributed by atoms with Crippen LogP contribution in [0.3, 0.4) is 0 Å². The summed E-state index contributed by atoms with van der Waals surface area (Å²) in [5.74, 6) is -0.711. The van der Waals surface area contributed by atoms with Crippen molar-refractivity contribution in [1.82, 2.24) is 5.32 Å². The number of nitrogens with two attached hydrogens (primary N) is 1. The van der Waals surface area contributed by atoms with Crippen molar-refractivity contribution in [3.05, 3.63) is 35.1 Å². The van der Waals surface area contributed by atoms with Crippen molar-refractivity contribution in [3.63, 3.8) is 0 Å². The Bertz CT molecular complexity index is 420. The third-order valence-electron chi connectivity index (χ3n) is 2.09. The van der Waals surface area contributed by atoms with E-state index in [0.717, 1.165) is 0 Å². The molecule has 1 aromatic carbocycles. The SMILES string of the molecule is Cc1ccc(C(=O)NCCC(N)=S)cc1F. The number of hydrogen-bond donors (Lipinski definition) is 2. The van der Waals surface area contributed by atoms with Gasteiger partial charge in [0.2, 0.25) is 0 Å². The lowest BCUT2D eigenvalue weighted by molar-refractivity contribution is 0.0954. The first kappa shape index (κ1) is 12.6. The van der Waals surface area contributed by atoms with E-state index in [0.29, 0.717) is 29.1 Å². The highest BCUT2D eigenvalue weighted by Gasteiger charge is 2.07. The molecule has 0 radical (unpaired) electrons. The molecule has 5 heteroatoms. The molecular formula is C11H13FN2OS. The molecule has 1 aromatic rings. The fourth-order valence-electron chi connectivity index (χ4n) is 1.14. The Morgan fingerprint density at radius 3 is 2.81 bits per heavy atom. The summed E-state index contributed by atoms with van der Waals surface area (Å²) >= 11 is 4.67. The van der Waals surface area contributed by atoms with E-state index in [-0.39, 0.29) is 11.7 Å². The standard InChI is InChI=1S/C11H13FN2OS/c1-7-2-3-8(6-9(7)12)11(15)14-5-4-10(13)16/h2-3,6H,4-5H2,1H3,(H2,13,16)(H,14,15). The predicted octanol–water partition coefficient (Wildman–Crippen LogP) is 1.54. The Morgan fingerprint density at radius 2 is 2.25 bits per heavy atom. The van der Waals surface area contributed by atoms with Crippen LogP contribution < -0.4 is 11.1 Å². The average molecular weight is 240 g/mol. The maximum Gasteiger partial charge on any atom is 0.251 e. The van der Waals surface area contributed by atoms with Gasteiger partial charge in [-0.05, 0) is 24.6 Å². The number of halogens is 1. The van der Waals surface area contributed by atoms with Crippen LogP contribution in [-0.4, -0.2) is 17.4 Å². The van der Waals surface area contributed by atoms with E-state index in [9.17, 15) is 9.18 Å². The van der Waals surface area contributed by atoms with Gasteiger partial charge in [-0.2, -0.15) is 0 Å². The van der Waals surface area contributed by atoms with Crippen molar-refractivity contribution < 1.29 is 9.18 Å². The molecule has 0 fully saturated rings. The number of aryl methyl sites for hydroxylation is 1. The van der Waals surface area contributed by atoms with Gasteiger partial charge in [0.1, 0.15) is 5.82 Å². The molecule has 0 spiro atoms. The van der Waals surface area contributed by atoms with Crippen LogP contribution in [0.15, 0.2) is 18.2 Å².